The SMILES string of the molecule is CCOC(=O)CNc1ncc(Br)nc1NCc1ccc(OC)cc1OC. The van der Waals surface area contributed by atoms with Crippen LogP contribution in [0.2, 0.25) is 0 Å². The molecule has 0 spiro atoms. The molecule has 1 aromatic carbocycles. The fraction of sp³-hybridized carbons (Fsp3) is 0.353. The van der Waals surface area contributed by atoms with Crippen LogP contribution in [0, 0.1) is 0 Å². The molecule has 1 aromatic heterocycles. The molecule has 0 unspecified atom stereocenters. The largest absolute Gasteiger partial charge is 0.497 e. The Morgan fingerprint density at radius 3 is 2.69 bits per heavy atom. The lowest BCUT2D eigenvalue weighted by Crippen LogP contribution is -2.18. The van der Waals surface area contributed by atoms with E-state index in [-0.39, 0.29) is 12.5 Å². The minimum absolute atomic E-state index is 0.00465. The van der Waals surface area contributed by atoms with Gasteiger partial charge in [-0.25, -0.2) is 9.97 Å². The highest BCUT2D eigenvalue weighted by Crippen LogP contribution is 2.26. The van der Waals surface area contributed by atoms with Crippen LogP contribution in [0.4, 0.5) is 11.6 Å². The minimum Gasteiger partial charge on any atom is -0.497 e. The summed E-state index contributed by atoms with van der Waals surface area (Å²) in [4.78, 5) is 20.1. The summed E-state index contributed by atoms with van der Waals surface area (Å²) in [6.45, 7) is 2.54. The maximum Gasteiger partial charge on any atom is 0.325 e. The van der Waals surface area contributed by atoms with Crippen molar-refractivity contribution in [3.63, 3.8) is 0 Å². The zero-order chi connectivity index (χ0) is 18.9. The number of methoxy groups -OCH3 is 2. The monoisotopic (exact) mass is 424 g/mol. The number of halogens is 1. The van der Waals surface area contributed by atoms with Crippen LogP contribution in [0.15, 0.2) is 29.0 Å². The first-order valence-electron chi connectivity index (χ1n) is 7.94. The molecule has 0 bridgehead atoms. The quantitative estimate of drug-likeness (QED) is 0.593. The zero-order valence-corrected chi connectivity index (χ0v) is 16.4. The van der Waals surface area contributed by atoms with Crippen LogP contribution in [0.3, 0.4) is 0 Å². The van der Waals surface area contributed by atoms with Crippen molar-refractivity contribution in [1.82, 2.24) is 9.97 Å². The summed E-state index contributed by atoms with van der Waals surface area (Å²) in [6.07, 6.45) is 1.55. The number of anilines is 2. The Morgan fingerprint density at radius 1 is 1.19 bits per heavy atom. The summed E-state index contributed by atoms with van der Waals surface area (Å²) >= 11 is 3.30. The lowest BCUT2D eigenvalue weighted by molar-refractivity contribution is -0.140. The molecule has 2 aromatic rings. The average molecular weight is 425 g/mol. The second kappa shape index (κ2) is 9.81. The van der Waals surface area contributed by atoms with Crippen LogP contribution >= 0.6 is 15.9 Å². The fourth-order valence-corrected chi connectivity index (χ4v) is 2.44. The Kier molecular flexibility index (Phi) is 7.46. The van der Waals surface area contributed by atoms with Crippen molar-refractivity contribution in [1.29, 1.82) is 0 Å². The molecule has 0 fully saturated rings. The van der Waals surface area contributed by atoms with Crippen LogP contribution in [-0.2, 0) is 16.1 Å². The molecule has 140 valence electrons. The maximum absolute atomic E-state index is 11.5. The van der Waals surface area contributed by atoms with Crippen molar-refractivity contribution in [2.45, 2.75) is 13.5 Å². The maximum atomic E-state index is 11.5. The third-order valence-corrected chi connectivity index (χ3v) is 3.77. The number of rotatable bonds is 9. The third kappa shape index (κ3) is 5.48. The van der Waals surface area contributed by atoms with E-state index in [0.29, 0.717) is 40.9 Å². The van der Waals surface area contributed by atoms with E-state index in [1.165, 1.54) is 0 Å². The second-order valence-electron chi connectivity index (χ2n) is 5.08. The standard InChI is InChI=1S/C17H21BrN4O4/c1-4-26-15(23)10-21-16-17(22-14(18)9-20-16)19-8-11-5-6-12(24-2)7-13(11)25-3/h5-7,9H,4,8,10H2,1-3H3,(H,19,22)(H,20,21). The molecule has 1 heterocycles. The number of hydrogen-bond acceptors (Lipinski definition) is 8. The van der Waals surface area contributed by atoms with Crippen molar-refractivity contribution < 1.29 is 19.0 Å². The molecule has 9 heteroatoms. The number of nitrogens with zero attached hydrogens (tertiary/aromatic N) is 2. The van der Waals surface area contributed by atoms with Gasteiger partial charge in [0.05, 0.1) is 27.0 Å². The molecule has 0 atom stereocenters. The molecule has 0 aliphatic heterocycles. The minimum atomic E-state index is -0.361. The van der Waals surface area contributed by atoms with Crippen LogP contribution in [0.5, 0.6) is 11.5 Å². The van der Waals surface area contributed by atoms with E-state index < -0.39 is 0 Å². The first kappa shape index (κ1) is 19.8. The molecule has 0 saturated heterocycles. The summed E-state index contributed by atoms with van der Waals surface area (Å²) in [6, 6.07) is 5.57. The highest BCUT2D eigenvalue weighted by Gasteiger charge is 2.11. The van der Waals surface area contributed by atoms with E-state index in [1.807, 2.05) is 18.2 Å². The van der Waals surface area contributed by atoms with Crippen LogP contribution in [0.25, 0.3) is 0 Å². The lowest BCUT2D eigenvalue weighted by atomic mass is 10.2. The molecule has 0 aliphatic carbocycles. The molecule has 0 aliphatic rings. The van der Waals surface area contributed by atoms with Crippen molar-refractivity contribution in [2.75, 3.05) is 38.0 Å². The summed E-state index contributed by atoms with van der Waals surface area (Å²) in [5.41, 5.74) is 0.923. The average Bonchev–Trinajstić information content (AvgIpc) is 2.65. The number of benzene rings is 1. The Hall–Kier alpha value is -2.55. The molecule has 0 amide bonds. The zero-order valence-electron chi connectivity index (χ0n) is 14.8. The van der Waals surface area contributed by atoms with Gasteiger partial charge in [-0.2, -0.15) is 0 Å². The Morgan fingerprint density at radius 2 is 2.00 bits per heavy atom. The van der Waals surface area contributed by atoms with E-state index in [4.69, 9.17) is 14.2 Å². The van der Waals surface area contributed by atoms with Crippen LogP contribution < -0.4 is 20.1 Å². The van der Waals surface area contributed by atoms with Gasteiger partial charge in [0.15, 0.2) is 11.6 Å². The van der Waals surface area contributed by atoms with Gasteiger partial charge in [-0.3, -0.25) is 4.79 Å². The smallest absolute Gasteiger partial charge is 0.325 e. The van der Waals surface area contributed by atoms with Gasteiger partial charge in [0, 0.05) is 18.2 Å². The van der Waals surface area contributed by atoms with Gasteiger partial charge in [0.1, 0.15) is 22.6 Å². The van der Waals surface area contributed by atoms with Crippen molar-refractivity contribution in [3.05, 3.63) is 34.6 Å². The van der Waals surface area contributed by atoms with Crippen LogP contribution in [0.1, 0.15) is 12.5 Å². The molecule has 0 radical (unpaired) electrons. The summed E-state index contributed by atoms with van der Waals surface area (Å²) < 4.78 is 16.1. The third-order valence-electron chi connectivity index (χ3n) is 3.39. The number of carbonyl (C=O) groups excluding carboxylic acids is 1. The lowest BCUT2D eigenvalue weighted by Gasteiger charge is -2.14. The van der Waals surface area contributed by atoms with Crippen molar-refractivity contribution in [2.24, 2.45) is 0 Å². The molecule has 2 rings (SSSR count). The van der Waals surface area contributed by atoms with Crippen molar-refractivity contribution in [3.8, 4) is 11.5 Å². The number of nitrogens with one attached hydrogen (secondary N) is 2. The van der Waals surface area contributed by atoms with E-state index in [2.05, 4.69) is 36.5 Å². The fourth-order valence-electron chi connectivity index (χ4n) is 2.16. The molecular weight excluding hydrogens is 404 g/mol. The van der Waals surface area contributed by atoms with Gasteiger partial charge in [0.25, 0.3) is 0 Å². The second-order valence-corrected chi connectivity index (χ2v) is 5.89. The number of aromatic nitrogens is 2. The highest BCUT2D eigenvalue weighted by atomic mass is 79.9. The molecule has 26 heavy (non-hydrogen) atoms. The van der Waals surface area contributed by atoms with Crippen LogP contribution in [-0.4, -0.2) is 43.3 Å². The molecular formula is C17H21BrN4O4. The Bertz CT molecular complexity index is 758. The number of carbonyl (C=O) groups is 1. The first-order valence-corrected chi connectivity index (χ1v) is 8.73. The van der Waals surface area contributed by atoms with Gasteiger partial charge < -0.3 is 24.8 Å². The molecule has 0 saturated carbocycles. The highest BCUT2D eigenvalue weighted by molar-refractivity contribution is 9.10. The summed E-state index contributed by atoms with van der Waals surface area (Å²) in [7, 11) is 3.20. The summed E-state index contributed by atoms with van der Waals surface area (Å²) in [5.74, 6) is 2.00. The predicted octanol–water partition coefficient (Wildman–Crippen LogP) is 2.84. The normalized spacial score (nSPS) is 10.2. The predicted molar refractivity (Wildman–Crippen MR) is 102 cm³/mol. The number of hydrogen-bond donors (Lipinski definition) is 2. The summed E-state index contributed by atoms with van der Waals surface area (Å²) in [5, 5.41) is 6.12. The van der Waals surface area contributed by atoms with Crippen molar-refractivity contribution >= 4 is 33.5 Å². The number of esters is 1. The topological polar surface area (TPSA) is 94.6 Å². The van der Waals surface area contributed by atoms with Gasteiger partial charge in [-0.1, -0.05) is 0 Å². The Balaban J connectivity index is 2.11. The van der Waals surface area contributed by atoms with Gasteiger partial charge in [0.2, 0.25) is 0 Å². The van der Waals surface area contributed by atoms with E-state index in [1.54, 1.807) is 27.3 Å². The first-order chi connectivity index (χ1) is 12.6. The van der Waals surface area contributed by atoms with E-state index in [0.717, 1.165) is 5.56 Å². The molecule has 2 N–H and O–H groups in total. The Labute approximate surface area is 160 Å². The molecule has 8 nitrogen and oxygen atoms in total. The van der Waals surface area contributed by atoms with E-state index in [9.17, 15) is 4.79 Å². The van der Waals surface area contributed by atoms with Gasteiger partial charge >= 0.3 is 5.97 Å². The number of ether oxygens (including phenoxy) is 3. The van der Waals surface area contributed by atoms with Gasteiger partial charge in [-0.05, 0) is 35.0 Å². The van der Waals surface area contributed by atoms with Gasteiger partial charge in [-0.15, -0.1) is 0 Å². The van der Waals surface area contributed by atoms with E-state index >= 15 is 0 Å².